The highest BCUT2D eigenvalue weighted by atomic mass is 19.1. The molecule has 0 fully saturated rings. The lowest BCUT2D eigenvalue weighted by Gasteiger charge is -2.09. The van der Waals surface area contributed by atoms with Crippen molar-refractivity contribution in [1.82, 2.24) is 15.2 Å². The molecule has 6 heteroatoms. The van der Waals surface area contributed by atoms with Gasteiger partial charge in [-0.3, -0.25) is 0 Å². The average Bonchev–Trinajstić information content (AvgIpc) is 2.57. The Morgan fingerprint density at radius 1 is 1.04 bits per heavy atom. The van der Waals surface area contributed by atoms with Crippen LogP contribution in [0.2, 0.25) is 0 Å². The van der Waals surface area contributed by atoms with Crippen LogP contribution in [0.25, 0.3) is 0 Å². The molecule has 0 radical (unpaired) electrons. The van der Waals surface area contributed by atoms with Crippen LogP contribution in [0.5, 0.6) is 0 Å². The van der Waals surface area contributed by atoms with Gasteiger partial charge in [0.05, 0.1) is 6.20 Å². The lowest BCUT2D eigenvalue weighted by molar-refractivity contribution is 0.612. The quantitative estimate of drug-likeness (QED) is 0.753. The van der Waals surface area contributed by atoms with E-state index in [1.54, 1.807) is 24.4 Å². The lowest BCUT2D eigenvalue weighted by Crippen LogP contribution is -2.07. The van der Waals surface area contributed by atoms with E-state index in [2.05, 4.69) is 25.8 Å². The number of halogens is 1. The zero-order chi connectivity index (χ0) is 16.1. The first-order valence-corrected chi connectivity index (χ1v) is 7.22. The van der Waals surface area contributed by atoms with Gasteiger partial charge in [0.1, 0.15) is 5.82 Å². The fourth-order valence-electron chi connectivity index (χ4n) is 2.11. The zero-order valence-corrected chi connectivity index (χ0v) is 12.6. The predicted octanol–water partition coefficient (Wildman–Crippen LogP) is 3.67. The van der Waals surface area contributed by atoms with Crippen molar-refractivity contribution in [3.63, 3.8) is 0 Å². The molecule has 116 valence electrons. The number of aromatic nitrogens is 3. The van der Waals surface area contributed by atoms with Crippen LogP contribution in [0.1, 0.15) is 11.1 Å². The molecule has 0 aliphatic heterocycles. The van der Waals surface area contributed by atoms with Gasteiger partial charge in [-0.05, 0) is 24.6 Å². The Morgan fingerprint density at radius 2 is 1.83 bits per heavy atom. The standard InChI is InChI=1S/C17H16FN5/c1-12-6-2-5-9-15(12)21-16-11-20-23-17(22-16)19-10-13-7-3-4-8-14(13)18/h2-9,11H,10H2,1H3,(H2,19,21,22,23). The van der Waals surface area contributed by atoms with Gasteiger partial charge < -0.3 is 10.6 Å². The summed E-state index contributed by atoms with van der Waals surface area (Å²) in [6, 6.07) is 14.5. The molecule has 0 spiro atoms. The smallest absolute Gasteiger partial charge is 0.244 e. The Bertz CT molecular complexity index is 806. The highest BCUT2D eigenvalue weighted by Gasteiger charge is 2.04. The maximum absolute atomic E-state index is 13.6. The fraction of sp³-hybridized carbons (Fsp3) is 0.118. The van der Waals surface area contributed by atoms with E-state index >= 15 is 0 Å². The van der Waals surface area contributed by atoms with Gasteiger partial charge >= 0.3 is 0 Å². The lowest BCUT2D eigenvalue weighted by atomic mass is 10.2. The molecule has 5 nitrogen and oxygen atoms in total. The summed E-state index contributed by atoms with van der Waals surface area (Å²) in [5.74, 6) is 0.652. The van der Waals surface area contributed by atoms with Crippen molar-refractivity contribution < 1.29 is 4.39 Å². The first kappa shape index (κ1) is 14.9. The van der Waals surface area contributed by atoms with Gasteiger partial charge in [0.25, 0.3) is 0 Å². The molecular formula is C17H16FN5. The van der Waals surface area contributed by atoms with Crippen molar-refractivity contribution in [3.05, 3.63) is 71.7 Å². The SMILES string of the molecule is Cc1ccccc1Nc1cnnc(NCc2ccccc2F)n1. The number of aryl methyl sites for hydroxylation is 1. The number of anilines is 3. The molecule has 23 heavy (non-hydrogen) atoms. The molecule has 2 N–H and O–H groups in total. The Kier molecular flexibility index (Phi) is 4.42. The van der Waals surface area contributed by atoms with Gasteiger partial charge in [0, 0.05) is 17.8 Å². The van der Waals surface area contributed by atoms with E-state index in [1.165, 1.54) is 6.07 Å². The van der Waals surface area contributed by atoms with Crippen molar-refractivity contribution in [3.8, 4) is 0 Å². The average molecular weight is 309 g/mol. The summed E-state index contributed by atoms with van der Waals surface area (Å²) in [6.45, 7) is 2.30. The van der Waals surface area contributed by atoms with Gasteiger partial charge in [-0.15, -0.1) is 5.10 Å². The summed E-state index contributed by atoms with van der Waals surface area (Å²) in [5, 5.41) is 14.0. The van der Waals surface area contributed by atoms with E-state index in [0.29, 0.717) is 23.9 Å². The van der Waals surface area contributed by atoms with Crippen molar-refractivity contribution in [2.24, 2.45) is 0 Å². The van der Waals surface area contributed by atoms with Crippen molar-refractivity contribution in [1.29, 1.82) is 0 Å². The van der Waals surface area contributed by atoms with Crippen LogP contribution in [-0.2, 0) is 6.54 Å². The molecule has 0 saturated carbocycles. The number of hydrogen-bond acceptors (Lipinski definition) is 5. The topological polar surface area (TPSA) is 62.7 Å². The molecule has 3 rings (SSSR count). The molecular weight excluding hydrogens is 293 g/mol. The van der Waals surface area contributed by atoms with Crippen LogP contribution in [-0.4, -0.2) is 15.2 Å². The van der Waals surface area contributed by atoms with E-state index in [-0.39, 0.29) is 5.82 Å². The molecule has 0 saturated heterocycles. The van der Waals surface area contributed by atoms with E-state index in [0.717, 1.165) is 11.3 Å². The summed E-state index contributed by atoms with van der Waals surface area (Å²) in [6.07, 6.45) is 1.54. The maximum Gasteiger partial charge on any atom is 0.244 e. The van der Waals surface area contributed by atoms with Crippen molar-refractivity contribution in [2.45, 2.75) is 13.5 Å². The number of para-hydroxylation sites is 1. The third-order valence-corrected chi connectivity index (χ3v) is 3.36. The number of rotatable bonds is 5. The number of nitrogens with zero attached hydrogens (tertiary/aromatic N) is 3. The van der Waals surface area contributed by atoms with Gasteiger partial charge in [0.2, 0.25) is 5.95 Å². The number of nitrogens with one attached hydrogen (secondary N) is 2. The minimum Gasteiger partial charge on any atom is -0.349 e. The Labute approximate surface area is 133 Å². The van der Waals surface area contributed by atoms with Crippen LogP contribution in [0, 0.1) is 12.7 Å². The van der Waals surface area contributed by atoms with E-state index in [4.69, 9.17) is 0 Å². The summed E-state index contributed by atoms with van der Waals surface area (Å²) < 4.78 is 13.6. The normalized spacial score (nSPS) is 10.3. The van der Waals surface area contributed by atoms with E-state index < -0.39 is 0 Å². The fourth-order valence-corrected chi connectivity index (χ4v) is 2.11. The molecule has 1 heterocycles. The van der Waals surface area contributed by atoms with Gasteiger partial charge in [-0.2, -0.15) is 10.1 Å². The monoisotopic (exact) mass is 309 g/mol. The predicted molar refractivity (Wildman–Crippen MR) is 88.0 cm³/mol. The Morgan fingerprint density at radius 3 is 2.65 bits per heavy atom. The van der Waals surface area contributed by atoms with Crippen LogP contribution in [0.15, 0.2) is 54.7 Å². The van der Waals surface area contributed by atoms with E-state index in [1.807, 2.05) is 31.2 Å². The van der Waals surface area contributed by atoms with Crippen LogP contribution >= 0.6 is 0 Å². The van der Waals surface area contributed by atoms with Crippen LogP contribution in [0.4, 0.5) is 21.8 Å². The third kappa shape index (κ3) is 3.79. The molecule has 2 aromatic carbocycles. The maximum atomic E-state index is 13.6. The van der Waals surface area contributed by atoms with Gasteiger partial charge in [-0.25, -0.2) is 4.39 Å². The largest absolute Gasteiger partial charge is 0.349 e. The second kappa shape index (κ2) is 6.83. The summed E-state index contributed by atoms with van der Waals surface area (Å²) in [7, 11) is 0. The second-order valence-corrected chi connectivity index (χ2v) is 5.05. The first-order valence-electron chi connectivity index (χ1n) is 7.22. The summed E-state index contributed by atoms with van der Waals surface area (Å²) in [4.78, 5) is 4.34. The van der Waals surface area contributed by atoms with Gasteiger partial charge in [-0.1, -0.05) is 36.4 Å². The molecule has 3 aromatic rings. The third-order valence-electron chi connectivity index (χ3n) is 3.36. The number of benzene rings is 2. The first-order chi connectivity index (χ1) is 11.2. The summed E-state index contributed by atoms with van der Waals surface area (Å²) >= 11 is 0. The van der Waals surface area contributed by atoms with Crippen molar-refractivity contribution in [2.75, 3.05) is 10.6 Å². The molecule has 0 aliphatic carbocycles. The van der Waals surface area contributed by atoms with Gasteiger partial charge in [0.15, 0.2) is 5.82 Å². The second-order valence-electron chi connectivity index (χ2n) is 5.05. The number of hydrogen-bond donors (Lipinski definition) is 2. The molecule has 0 amide bonds. The van der Waals surface area contributed by atoms with Crippen molar-refractivity contribution >= 4 is 17.5 Å². The molecule has 0 bridgehead atoms. The molecule has 0 atom stereocenters. The summed E-state index contributed by atoms with van der Waals surface area (Å²) in [5.41, 5.74) is 2.60. The minimum atomic E-state index is -0.262. The van der Waals surface area contributed by atoms with E-state index in [9.17, 15) is 4.39 Å². The van der Waals surface area contributed by atoms with Crippen LogP contribution < -0.4 is 10.6 Å². The highest BCUT2D eigenvalue weighted by Crippen LogP contribution is 2.18. The zero-order valence-electron chi connectivity index (χ0n) is 12.6. The molecule has 0 aliphatic rings. The molecule has 0 unspecified atom stereocenters. The Hall–Kier alpha value is -3.02. The highest BCUT2D eigenvalue weighted by molar-refractivity contribution is 5.60. The Balaban J connectivity index is 1.70. The minimum absolute atomic E-state index is 0.262. The van der Waals surface area contributed by atoms with Crippen LogP contribution in [0.3, 0.4) is 0 Å². The molecule has 1 aromatic heterocycles.